The molecular formula is C125H94B2N4O. The molecule has 1 aromatic heterocycles. The van der Waals surface area contributed by atoms with Gasteiger partial charge in [-0.1, -0.05) is 389 Å². The first-order valence-corrected chi connectivity index (χ1v) is 45.4. The molecule has 5 heterocycles. The maximum atomic E-state index is 10.4. The average molecular weight is 1700 g/mol. The van der Waals surface area contributed by atoms with E-state index in [1.165, 1.54) is 22.3 Å². The molecule has 25 rings (SSSR count). The summed E-state index contributed by atoms with van der Waals surface area (Å²) in [5, 5.41) is -0.198. The smallest absolute Gasteiger partial charge is 0.256 e. The molecule has 626 valence electrons. The second-order valence-corrected chi connectivity index (χ2v) is 38.0. The second-order valence-electron chi connectivity index (χ2n) is 38.0. The maximum absolute atomic E-state index is 10.4. The van der Waals surface area contributed by atoms with Gasteiger partial charge in [0.25, 0.3) is 13.4 Å². The Balaban J connectivity index is 0.872. The average Bonchev–Trinajstić information content (AvgIpc) is 1.67. The SMILES string of the molecule is [2H]c1c([2H])c([2H])c(-c2cc(-c3ccccc3)c(N3c4cc5c(cc4B4c6ccccc6N(c6c(-c7ccccc7)cc(C(C)(C)C)cc6-c6ccccc6)c6cc(-n7c8c([2H])c([2H])c([2H])c([2H])c8c8c([2H])c([2H])c([2H])c([2H])c87)cc3c64)B3c4ccccc4N(c4c(-c6ccccc6)cc(C(C)(C)C)cc4-c4ccccc4)c4cc(-c6cccc7c6C(C)(C)c6ccccc6-7)cc(c43)O5)c(-c3ccccc3)c2)c([2H])c1[2H]. The monoisotopic (exact) mass is 1700 g/mol. The van der Waals surface area contributed by atoms with Gasteiger partial charge in [-0.25, -0.2) is 0 Å². The van der Waals surface area contributed by atoms with Crippen LogP contribution in [-0.2, 0) is 16.2 Å². The van der Waals surface area contributed by atoms with Crippen LogP contribution in [0.15, 0.2) is 424 Å². The van der Waals surface area contributed by atoms with Crippen LogP contribution in [0.1, 0.15) is 95.5 Å². The molecule has 20 aromatic rings. The van der Waals surface area contributed by atoms with Crippen molar-refractivity contribution in [1.29, 1.82) is 0 Å². The lowest BCUT2D eigenvalue weighted by Crippen LogP contribution is -2.64. The highest BCUT2D eigenvalue weighted by Gasteiger charge is 2.51. The Morgan fingerprint density at radius 2 is 0.659 bits per heavy atom. The number of hydrogen-bond acceptors (Lipinski definition) is 4. The van der Waals surface area contributed by atoms with Gasteiger partial charge < -0.3 is 24.0 Å². The third-order valence-electron chi connectivity index (χ3n) is 28.0. The van der Waals surface area contributed by atoms with Crippen LogP contribution in [0, 0.1) is 0 Å². The Morgan fingerprint density at radius 3 is 1.13 bits per heavy atom. The largest absolute Gasteiger partial charge is 0.458 e. The normalized spacial score (nSPS) is 14.9. The fourth-order valence-corrected chi connectivity index (χ4v) is 22.0. The van der Waals surface area contributed by atoms with Gasteiger partial charge in [-0.3, -0.25) is 0 Å². The predicted octanol–water partition coefficient (Wildman–Crippen LogP) is 29.5. The standard InChI is InChI=1S/C125H94B2N4O/c1-123(2,3)88-71-98(82-47-22-12-23-48-82)121(99(72-88)83-49-24-13-25-50-83)129-110-66-39-35-62-104(110)127-106-77-105-111(78-115(106)132-116-70-87(69-112(129)119(116)127)91-58-40-59-95-92-55-30-33-60-102(92)125(7,8)117(91)95)131(120-96(80-43-18-10-19-44-80)67-86(79-41-16-9-17-42-79)68-97(120)81-45-20-11-21-46-81)114-76-90(128-107-63-36-31-56-93(107)94-57-32-37-64-108(94)128)75-113-118(114)126(105)103-61-34-38-65-109(103)130(113)122-100(84-51-26-14-27-52-84)73-89(124(4,5)6)74-101(122)85-53-28-15-29-54-85/h9-78H,1-8H3/i9D,16D,17D,31D,32D,36D,37D,41D,42D,56D,57D,63D,64D. The van der Waals surface area contributed by atoms with Crippen molar-refractivity contribution >= 4 is 119 Å². The first-order valence-electron chi connectivity index (χ1n) is 51.9. The Kier molecular flexibility index (Phi) is 15.1. The topological polar surface area (TPSA) is 23.9 Å². The van der Waals surface area contributed by atoms with Crippen LogP contribution in [0.4, 0.5) is 51.2 Å². The Bertz CT molecular complexity index is 8670. The van der Waals surface area contributed by atoms with Crippen LogP contribution in [0.3, 0.4) is 0 Å². The highest BCUT2D eigenvalue weighted by molar-refractivity contribution is 7.02. The van der Waals surface area contributed by atoms with Crippen molar-refractivity contribution in [2.45, 2.75) is 71.6 Å². The van der Waals surface area contributed by atoms with E-state index >= 15 is 0 Å². The van der Waals surface area contributed by atoms with Crippen molar-refractivity contribution in [3.8, 4) is 117 Å². The fraction of sp³-hybridized carbons (Fsp3) is 0.0880. The lowest BCUT2D eigenvalue weighted by atomic mass is 9.30. The van der Waals surface area contributed by atoms with Crippen LogP contribution in [0.2, 0.25) is 0 Å². The van der Waals surface area contributed by atoms with Crippen LogP contribution < -0.4 is 52.2 Å². The summed E-state index contributed by atoms with van der Waals surface area (Å²) in [6.07, 6.45) is 0. The Hall–Kier alpha value is -15.7. The number of benzene rings is 19. The van der Waals surface area contributed by atoms with Gasteiger partial charge in [-0.05, 0) is 218 Å². The van der Waals surface area contributed by atoms with E-state index in [4.69, 9.17) is 6.11 Å². The lowest BCUT2D eigenvalue weighted by Gasteiger charge is -2.47. The molecule has 0 saturated carbocycles. The third-order valence-corrected chi connectivity index (χ3v) is 28.0. The van der Waals surface area contributed by atoms with Gasteiger partial charge in [0.1, 0.15) is 11.5 Å². The molecule has 1 aliphatic carbocycles. The molecular weight excluding hydrogens is 1600 g/mol. The molecule has 4 aliphatic heterocycles. The highest BCUT2D eigenvalue weighted by atomic mass is 16.5. The van der Waals surface area contributed by atoms with Crippen molar-refractivity contribution in [1.82, 2.24) is 4.57 Å². The maximum Gasteiger partial charge on any atom is 0.256 e. The van der Waals surface area contributed by atoms with Gasteiger partial charge in [-0.2, -0.15) is 0 Å². The minimum atomic E-state index is -0.759. The van der Waals surface area contributed by atoms with E-state index in [0.717, 1.165) is 128 Å². The molecule has 132 heavy (non-hydrogen) atoms. The summed E-state index contributed by atoms with van der Waals surface area (Å²) >= 11 is 0. The first kappa shape index (κ1) is 65.8. The minimum absolute atomic E-state index is 0.0201. The van der Waals surface area contributed by atoms with Gasteiger partial charge in [0, 0.05) is 89.8 Å². The molecule has 0 atom stereocenters. The zero-order valence-electron chi connectivity index (χ0n) is 87.3. The molecule has 0 bridgehead atoms. The van der Waals surface area contributed by atoms with Crippen molar-refractivity contribution in [2.75, 3.05) is 14.7 Å². The summed E-state index contributed by atoms with van der Waals surface area (Å²) in [5.74, 6) is 1.15. The number of fused-ring (bicyclic) bond motifs is 14. The molecule has 0 N–H and O–H groups in total. The van der Waals surface area contributed by atoms with Gasteiger partial charge in [-0.15, -0.1) is 0 Å². The number of rotatable bonds is 12. The van der Waals surface area contributed by atoms with Crippen molar-refractivity contribution in [3.63, 3.8) is 0 Å². The van der Waals surface area contributed by atoms with E-state index in [1.54, 1.807) is 4.57 Å². The van der Waals surface area contributed by atoms with Crippen LogP contribution in [-0.4, -0.2) is 18.0 Å². The Morgan fingerprint density at radius 1 is 0.273 bits per heavy atom. The van der Waals surface area contributed by atoms with Crippen LogP contribution >= 0.6 is 0 Å². The van der Waals surface area contributed by atoms with Crippen LogP contribution in [0.25, 0.3) is 128 Å². The highest BCUT2D eigenvalue weighted by Crippen LogP contribution is 2.60. The summed E-state index contributed by atoms with van der Waals surface area (Å²) in [6, 6.07) is 115. The number of para-hydroxylation sites is 4. The molecule has 5 nitrogen and oxygen atoms in total. The number of ether oxygens (including phenoxy) is 1. The Labute approximate surface area is 791 Å². The number of hydrogen-bond donors (Lipinski definition) is 0. The quantitative estimate of drug-likeness (QED) is 0.114. The molecule has 0 spiro atoms. The fourth-order valence-electron chi connectivity index (χ4n) is 22.0. The lowest BCUT2D eigenvalue weighted by molar-refractivity contribution is 0.488. The number of anilines is 9. The van der Waals surface area contributed by atoms with E-state index in [2.05, 4.69) is 325 Å². The molecule has 0 fully saturated rings. The van der Waals surface area contributed by atoms with E-state index in [9.17, 15) is 16.4 Å². The summed E-state index contributed by atoms with van der Waals surface area (Å²) in [6.45, 7) is 16.9. The van der Waals surface area contributed by atoms with Gasteiger partial charge >= 0.3 is 0 Å². The molecule has 0 saturated heterocycles. The van der Waals surface area contributed by atoms with Gasteiger partial charge in [0.05, 0.1) is 51.6 Å². The van der Waals surface area contributed by atoms with Gasteiger partial charge in [0.15, 0.2) is 0 Å². The minimum Gasteiger partial charge on any atom is -0.458 e. The van der Waals surface area contributed by atoms with Gasteiger partial charge in [0.2, 0.25) is 0 Å². The molecule has 5 aliphatic rings. The predicted molar refractivity (Wildman–Crippen MR) is 559 cm³/mol. The van der Waals surface area contributed by atoms with E-state index in [-0.39, 0.29) is 38.5 Å². The molecule has 0 amide bonds. The summed E-state index contributed by atoms with van der Waals surface area (Å²) in [5.41, 5.74) is 30.5. The summed E-state index contributed by atoms with van der Waals surface area (Å²) < 4.78 is 137. The van der Waals surface area contributed by atoms with E-state index in [0.29, 0.717) is 62.1 Å². The second kappa shape index (κ2) is 30.2. The molecule has 7 heteroatoms. The first-order chi connectivity index (χ1) is 69.9. The van der Waals surface area contributed by atoms with Crippen molar-refractivity contribution in [3.05, 3.63) is 447 Å². The molecule has 0 unspecified atom stereocenters. The third kappa shape index (κ3) is 12.3. The molecule has 19 aromatic carbocycles. The summed E-state index contributed by atoms with van der Waals surface area (Å²) in [7, 11) is 0. The zero-order valence-corrected chi connectivity index (χ0v) is 74.3. The van der Waals surface area contributed by atoms with Crippen LogP contribution in [0.5, 0.6) is 11.5 Å². The summed E-state index contributed by atoms with van der Waals surface area (Å²) in [4.78, 5) is 7.19. The molecule has 0 radical (unpaired) electrons. The number of nitrogens with zero attached hydrogens (tertiary/aromatic N) is 4. The zero-order chi connectivity index (χ0) is 99.9. The van der Waals surface area contributed by atoms with Crippen molar-refractivity contribution in [2.24, 2.45) is 0 Å². The number of aromatic nitrogens is 1. The van der Waals surface area contributed by atoms with Crippen molar-refractivity contribution < 1.29 is 22.6 Å². The van der Waals surface area contributed by atoms with E-state index in [1.807, 2.05) is 91.0 Å². The van der Waals surface area contributed by atoms with E-state index < -0.39 is 103 Å².